The predicted octanol–water partition coefficient (Wildman–Crippen LogP) is 2.78. The number of thioether (sulfide) groups is 1. The van der Waals surface area contributed by atoms with Crippen molar-refractivity contribution in [3.8, 4) is 5.75 Å². The van der Waals surface area contributed by atoms with Gasteiger partial charge in [-0.25, -0.2) is 8.42 Å². The fraction of sp³-hybridized carbons (Fsp3) is 0.458. The first kappa shape index (κ1) is 24.1. The molecule has 33 heavy (non-hydrogen) atoms. The summed E-state index contributed by atoms with van der Waals surface area (Å²) in [5.41, 5.74) is 1.69. The molecule has 2 fully saturated rings. The molecule has 1 amide bonds. The highest BCUT2D eigenvalue weighted by molar-refractivity contribution is 8.02. The molecule has 4 rings (SSSR count). The van der Waals surface area contributed by atoms with Gasteiger partial charge < -0.3 is 14.8 Å². The summed E-state index contributed by atoms with van der Waals surface area (Å²) in [6.45, 7) is 3.40. The van der Waals surface area contributed by atoms with Gasteiger partial charge in [-0.1, -0.05) is 24.3 Å². The molecular weight excluding hydrogens is 460 g/mol. The van der Waals surface area contributed by atoms with Crippen LogP contribution in [0.4, 0.5) is 0 Å². The van der Waals surface area contributed by atoms with Gasteiger partial charge >= 0.3 is 0 Å². The molecule has 1 N–H and O–H groups in total. The molecule has 2 unspecified atom stereocenters. The third-order valence-corrected chi connectivity index (χ3v) is 9.38. The quantitative estimate of drug-likeness (QED) is 0.609. The number of carbonyl (C=O) groups is 1. The number of ether oxygens (including phenoxy) is 2. The molecule has 0 bridgehead atoms. The number of sulfone groups is 1. The van der Waals surface area contributed by atoms with Crippen LogP contribution in [0, 0.1) is 0 Å². The van der Waals surface area contributed by atoms with Gasteiger partial charge in [-0.3, -0.25) is 9.69 Å². The van der Waals surface area contributed by atoms with E-state index in [2.05, 4.69) is 10.2 Å². The van der Waals surface area contributed by atoms with E-state index in [0.29, 0.717) is 31.7 Å². The van der Waals surface area contributed by atoms with E-state index in [1.165, 1.54) is 11.8 Å². The molecule has 2 aromatic rings. The maximum Gasteiger partial charge on any atom is 0.252 e. The Morgan fingerprint density at radius 2 is 1.91 bits per heavy atom. The van der Waals surface area contributed by atoms with Crippen molar-refractivity contribution < 1.29 is 22.7 Å². The molecule has 0 saturated carbocycles. The van der Waals surface area contributed by atoms with Crippen molar-refractivity contribution in [3.05, 3.63) is 59.7 Å². The lowest BCUT2D eigenvalue weighted by Crippen LogP contribution is -2.43. The first-order valence-electron chi connectivity index (χ1n) is 11.2. The Morgan fingerprint density at radius 3 is 2.58 bits per heavy atom. The summed E-state index contributed by atoms with van der Waals surface area (Å²) in [6, 6.07) is 15.4. The first-order chi connectivity index (χ1) is 15.9. The number of rotatable bonds is 8. The first-order valence-corrected chi connectivity index (χ1v) is 13.9. The summed E-state index contributed by atoms with van der Waals surface area (Å²) < 4.78 is 34.5. The van der Waals surface area contributed by atoms with Crippen LogP contribution >= 0.6 is 11.8 Å². The molecule has 0 aliphatic carbocycles. The summed E-state index contributed by atoms with van der Waals surface area (Å²) in [5, 5.41) is 3.11. The highest BCUT2D eigenvalue weighted by Crippen LogP contribution is 2.33. The van der Waals surface area contributed by atoms with Gasteiger partial charge in [-0.2, -0.15) is 0 Å². The number of hydrogen-bond donors (Lipinski definition) is 1. The van der Waals surface area contributed by atoms with Gasteiger partial charge in [-0.05, 0) is 36.2 Å². The Balaban J connectivity index is 1.47. The average Bonchev–Trinajstić information content (AvgIpc) is 3.18. The molecule has 2 saturated heterocycles. The van der Waals surface area contributed by atoms with E-state index in [9.17, 15) is 13.2 Å². The number of carbonyl (C=O) groups excluding carboxylic acids is 1. The van der Waals surface area contributed by atoms with Gasteiger partial charge in [0.25, 0.3) is 5.91 Å². The number of nitrogens with one attached hydrogen (secondary N) is 1. The predicted molar refractivity (Wildman–Crippen MR) is 130 cm³/mol. The molecule has 9 heteroatoms. The van der Waals surface area contributed by atoms with E-state index in [-0.39, 0.29) is 28.7 Å². The molecule has 2 atom stereocenters. The Labute approximate surface area is 199 Å². The summed E-state index contributed by atoms with van der Waals surface area (Å²) in [6.07, 6.45) is 0.625. The molecule has 2 heterocycles. The van der Waals surface area contributed by atoms with E-state index in [1.807, 2.05) is 42.5 Å². The van der Waals surface area contributed by atoms with Crippen LogP contribution in [0.5, 0.6) is 5.75 Å². The van der Waals surface area contributed by atoms with Crippen LogP contribution in [-0.2, 0) is 14.6 Å². The van der Waals surface area contributed by atoms with Gasteiger partial charge in [0.1, 0.15) is 5.75 Å². The lowest BCUT2D eigenvalue weighted by Gasteiger charge is -2.35. The number of amides is 1. The minimum atomic E-state index is -2.96. The topological polar surface area (TPSA) is 84.9 Å². The van der Waals surface area contributed by atoms with E-state index >= 15 is 0 Å². The zero-order valence-electron chi connectivity index (χ0n) is 18.7. The summed E-state index contributed by atoms with van der Waals surface area (Å²) >= 11 is 1.49. The Kier molecular flexibility index (Phi) is 7.95. The van der Waals surface area contributed by atoms with Crippen LogP contribution in [0.3, 0.4) is 0 Å². The van der Waals surface area contributed by atoms with Crippen molar-refractivity contribution >= 4 is 27.5 Å². The Hall–Kier alpha value is -2.07. The molecule has 0 spiro atoms. The standard InChI is InChI=1S/C24H30N2O5S2/c1-30-19-8-6-18(7-9-19)22(26-11-13-31-14-12-26)16-25-24(27)21-4-2-3-5-23(21)32-20-10-15-33(28,29)17-20/h2-9,20,22H,10-17H2,1H3,(H,25,27). The van der Waals surface area contributed by atoms with Gasteiger partial charge in [0.2, 0.25) is 0 Å². The molecule has 2 aliphatic heterocycles. The van der Waals surface area contributed by atoms with Gasteiger partial charge in [0.05, 0.1) is 43.4 Å². The minimum absolute atomic E-state index is 0.00986. The largest absolute Gasteiger partial charge is 0.497 e. The van der Waals surface area contributed by atoms with E-state index in [1.54, 1.807) is 13.2 Å². The Bertz CT molecular complexity index is 1050. The van der Waals surface area contributed by atoms with Crippen molar-refractivity contribution in [2.45, 2.75) is 22.6 Å². The monoisotopic (exact) mass is 490 g/mol. The van der Waals surface area contributed by atoms with Crippen LogP contribution in [0.1, 0.15) is 28.4 Å². The minimum Gasteiger partial charge on any atom is -0.497 e. The highest BCUT2D eigenvalue weighted by atomic mass is 32.2. The molecular formula is C24H30N2O5S2. The third kappa shape index (κ3) is 6.29. The smallest absolute Gasteiger partial charge is 0.252 e. The maximum atomic E-state index is 13.2. The summed E-state index contributed by atoms with van der Waals surface area (Å²) in [7, 11) is -1.32. The lowest BCUT2D eigenvalue weighted by atomic mass is 10.0. The van der Waals surface area contributed by atoms with Crippen LogP contribution in [0.15, 0.2) is 53.4 Å². The summed E-state index contributed by atoms with van der Waals surface area (Å²) in [5.74, 6) is 1.04. The van der Waals surface area contributed by atoms with Crippen molar-refractivity contribution in [1.82, 2.24) is 10.2 Å². The van der Waals surface area contributed by atoms with E-state index in [4.69, 9.17) is 9.47 Å². The number of nitrogens with zero attached hydrogens (tertiary/aromatic N) is 1. The molecule has 178 valence electrons. The number of benzene rings is 2. The lowest BCUT2D eigenvalue weighted by molar-refractivity contribution is 0.0162. The second kappa shape index (κ2) is 10.9. The second-order valence-corrected chi connectivity index (χ2v) is 11.9. The molecule has 0 radical (unpaired) electrons. The third-order valence-electron chi connectivity index (χ3n) is 6.06. The normalized spacial score (nSPS) is 21.4. The van der Waals surface area contributed by atoms with Crippen molar-refractivity contribution in [3.63, 3.8) is 0 Å². The van der Waals surface area contributed by atoms with Crippen LogP contribution in [0.2, 0.25) is 0 Å². The maximum absolute atomic E-state index is 13.2. The van der Waals surface area contributed by atoms with Crippen LogP contribution in [-0.4, -0.2) is 75.9 Å². The molecule has 0 aromatic heterocycles. The van der Waals surface area contributed by atoms with Crippen LogP contribution < -0.4 is 10.1 Å². The fourth-order valence-corrected chi connectivity index (χ4v) is 7.87. The SMILES string of the molecule is COc1ccc(C(CNC(=O)c2ccccc2SC2CCS(=O)(=O)C2)N2CCOCC2)cc1. The number of hydrogen-bond acceptors (Lipinski definition) is 7. The number of morpholine rings is 1. The van der Waals surface area contributed by atoms with E-state index < -0.39 is 9.84 Å². The average molecular weight is 491 g/mol. The molecule has 2 aliphatic rings. The van der Waals surface area contributed by atoms with Crippen molar-refractivity contribution in [2.75, 3.05) is 51.5 Å². The van der Waals surface area contributed by atoms with Crippen molar-refractivity contribution in [2.24, 2.45) is 0 Å². The highest BCUT2D eigenvalue weighted by Gasteiger charge is 2.30. The zero-order chi connectivity index (χ0) is 23.3. The zero-order valence-corrected chi connectivity index (χ0v) is 20.4. The number of methoxy groups -OCH3 is 1. The fourth-order valence-electron chi connectivity index (χ4n) is 4.25. The Morgan fingerprint density at radius 1 is 1.18 bits per heavy atom. The van der Waals surface area contributed by atoms with Crippen molar-refractivity contribution in [1.29, 1.82) is 0 Å². The van der Waals surface area contributed by atoms with Gasteiger partial charge in [0.15, 0.2) is 9.84 Å². The second-order valence-electron chi connectivity index (χ2n) is 8.29. The van der Waals surface area contributed by atoms with E-state index in [0.717, 1.165) is 29.3 Å². The molecule has 7 nitrogen and oxygen atoms in total. The van der Waals surface area contributed by atoms with Gasteiger partial charge in [0, 0.05) is 29.8 Å². The van der Waals surface area contributed by atoms with Crippen LogP contribution in [0.25, 0.3) is 0 Å². The summed E-state index contributed by atoms with van der Waals surface area (Å²) in [4.78, 5) is 16.3. The molecule has 2 aromatic carbocycles. The van der Waals surface area contributed by atoms with Gasteiger partial charge in [-0.15, -0.1) is 11.8 Å².